The molecule has 0 aliphatic carbocycles. The van der Waals surface area contributed by atoms with Crippen LogP contribution in [0.3, 0.4) is 0 Å². The molecule has 0 fully saturated rings. The van der Waals surface area contributed by atoms with Gasteiger partial charge in [-0.05, 0) is 17.7 Å². The Morgan fingerprint density at radius 1 is 1.35 bits per heavy atom. The minimum Gasteiger partial charge on any atom is -0.215 e. The highest BCUT2D eigenvalue weighted by molar-refractivity contribution is 7.98. The van der Waals surface area contributed by atoms with Crippen LogP contribution >= 0.6 is 35.0 Å². The molecule has 17 heavy (non-hydrogen) atoms. The molecule has 7 heteroatoms. The van der Waals surface area contributed by atoms with Crippen LogP contribution in [0.5, 0.6) is 0 Å². The number of thioether (sulfide) groups is 1. The van der Waals surface area contributed by atoms with Crippen molar-refractivity contribution in [2.24, 2.45) is 0 Å². The summed E-state index contributed by atoms with van der Waals surface area (Å²) in [5, 5.41) is 1.25. The van der Waals surface area contributed by atoms with Crippen LogP contribution in [0.15, 0.2) is 18.2 Å². The van der Waals surface area contributed by atoms with Crippen molar-refractivity contribution in [3.05, 3.63) is 33.8 Å². The highest BCUT2D eigenvalue weighted by Crippen LogP contribution is 2.24. The van der Waals surface area contributed by atoms with Gasteiger partial charge in [0.25, 0.3) is 0 Å². The maximum Gasteiger partial charge on any atom is 0.208 e. The normalized spacial score (nSPS) is 11.7. The quantitative estimate of drug-likeness (QED) is 0.821. The summed E-state index contributed by atoms with van der Waals surface area (Å²) in [4.78, 5) is 0. The van der Waals surface area contributed by atoms with Gasteiger partial charge in [0.05, 0.1) is 6.26 Å². The first-order valence-electron chi connectivity index (χ1n) is 4.85. The van der Waals surface area contributed by atoms with Crippen molar-refractivity contribution in [2.45, 2.75) is 5.75 Å². The molecule has 3 nitrogen and oxygen atoms in total. The third-order valence-electron chi connectivity index (χ3n) is 1.88. The van der Waals surface area contributed by atoms with Crippen LogP contribution < -0.4 is 4.72 Å². The molecule has 0 bridgehead atoms. The molecule has 0 aliphatic heterocycles. The van der Waals surface area contributed by atoms with Crippen molar-refractivity contribution in [3.8, 4) is 0 Å². The standard InChI is InChI=1S/C10H13Cl2NO2S2/c1-17(14,15)13-4-5-16-7-8-2-3-9(11)6-10(8)12/h2-3,6,13H,4-5,7H2,1H3. The summed E-state index contributed by atoms with van der Waals surface area (Å²) in [5.41, 5.74) is 1.00. The van der Waals surface area contributed by atoms with Crippen molar-refractivity contribution in [2.75, 3.05) is 18.6 Å². The minimum absolute atomic E-state index is 0.425. The second-order valence-electron chi connectivity index (χ2n) is 3.45. The Morgan fingerprint density at radius 3 is 2.65 bits per heavy atom. The summed E-state index contributed by atoms with van der Waals surface area (Å²) in [6.45, 7) is 0.425. The molecular weight excluding hydrogens is 301 g/mol. The Morgan fingerprint density at radius 2 is 2.06 bits per heavy atom. The highest BCUT2D eigenvalue weighted by Gasteiger charge is 2.02. The summed E-state index contributed by atoms with van der Waals surface area (Å²) in [6, 6.07) is 5.37. The maximum absolute atomic E-state index is 10.8. The Hall–Kier alpha value is 0.0600. The third-order valence-corrected chi connectivity index (χ3v) is 4.21. The summed E-state index contributed by atoms with van der Waals surface area (Å²) >= 11 is 13.4. The van der Waals surface area contributed by atoms with E-state index in [1.165, 1.54) is 0 Å². The van der Waals surface area contributed by atoms with E-state index in [0.717, 1.165) is 17.6 Å². The molecule has 1 rings (SSSR count). The van der Waals surface area contributed by atoms with E-state index in [4.69, 9.17) is 23.2 Å². The predicted molar refractivity (Wildman–Crippen MR) is 75.5 cm³/mol. The maximum atomic E-state index is 10.8. The molecule has 0 saturated heterocycles. The molecule has 0 radical (unpaired) electrons. The zero-order valence-corrected chi connectivity index (χ0v) is 12.4. The molecular formula is C10H13Cl2NO2S2. The van der Waals surface area contributed by atoms with Crippen LogP contribution in [-0.4, -0.2) is 27.0 Å². The predicted octanol–water partition coefficient (Wildman–Crippen LogP) is 2.78. The third kappa shape index (κ3) is 6.52. The number of benzene rings is 1. The first-order chi connectivity index (χ1) is 7.88. The lowest BCUT2D eigenvalue weighted by molar-refractivity contribution is 0.590. The number of rotatable bonds is 6. The highest BCUT2D eigenvalue weighted by atomic mass is 35.5. The van der Waals surface area contributed by atoms with Crippen LogP contribution in [0.4, 0.5) is 0 Å². The first-order valence-corrected chi connectivity index (χ1v) is 8.65. The van der Waals surface area contributed by atoms with Crippen LogP contribution in [-0.2, 0) is 15.8 Å². The van der Waals surface area contributed by atoms with Crippen molar-refractivity contribution >= 4 is 45.0 Å². The number of sulfonamides is 1. The van der Waals surface area contributed by atoms with Gasteiger partial charge >= 0.3 is 0 Å². The number of hydrogen-bond acceptors (Lipinski definition) is 3. The molecule has 0 aliphatic rings. The van der Waals surface area contributed by atoms with Crippen LogP contribution in [0.2, 0.25) is 10.0 Å². The van der Waals surface area contributed by atoms with E-state index in [1.54, 1.807) is 23.9 Å². The van der Waals surface area contributed by atoms with Gasteiger partial charge < -0.3 is 0 Å². The van der Waals surface area contributed by atoms with Crippen LogP contribution in [0.1, 0.15) is 5.56 Å². The lowest BCUT2D eigenvalue weighted by Gasteiger charge is -2.05. The Labute approximate surface area is 116 Å². The summed E-state index contributed by atoms with van der Waals surface area (Å²) in [7, 11) is -3.09. The largest absolute Gasteiger partial charge is 0.215 e. The fourth-order valence-corrected chi connectivity index (χ4v) is 3.14. The fourth-order valence-electron chi connectivity index (χ4n) is 1.12. The lowest BCUT2D eigenvalue weighted by Crippen LogP contribution is -2.24. The fraction of sp³-hybridized carbons (Fsp3) is 0.400. The average molecular weight is 314 g/mol. The molecule has 0 aromatic heterocycles. The van der Waals surface area contributed by atoms with E-state index in [-0.39, 0.29) is 0 Å². The molecule has 1 aromatic rings. The van der Waals surface area contributed by atoms with Crippen LogP contribution in [0, 0.1) is 0 Å². The Balaban J connectivity index is 2.32. The molecule has 0 amide bonds. The molecule has 0 atom stereocenters. The van der Waals surface area contributed by atoms with E-state index in [1.807, 2.05) is 6.07 Å². The topological polar surface area (TPSA) is 46.2 Å². The monoisotopic (exact) mass is 313 g/mol. The van der Waals surface area contributed by atoms with Crippen LogP contribution in [0.25, 0.3) is 0 Å². The number of halogens is 2. The van der Waals surface area contributed by atoms with E-state index >= 15 is 0 Å². The van der Waals surface area contributed by atoms with Gasteiger partial charge in [0, 0.05) is 28.1 Å². The zero-order chi connectivity index (χ0) is 12.9. The average Bonchev–Trinajstić information content (AvgIpc) is 2.18. The van der Waals surface area contributed by atoms with E-state index in [9.17, 15) is 8.42 Å². The van der Waals surface area contributed by atoms with E-state index < -0.39 is 10.0 Å². The molecule has 0 heterocycles. The van der Waals surface area contributed by atoms with Gasteiger partial charge in [0.1, 0.15) is 0 Å². The van der Waals surface area contributed by atoms with E-state index in [2.05, 4.69) is 4.72 Å². The van der Waals surface area contributed by atoms with Crippen molar-refractivity contribution in [1.82, 2.24) is 4.72 Å². The summed E-state index contributed by atoms with van der Waals surface area (Å²) < 4.78 is 24.0. The van der Waals surface area contributed by atoms with Gasteiger partial charge in [-0.1, -0.05) is 29.3 Å². The second kappa shape index (κ2) is 6.85. The summed E-state index contributed by atoms with van der Waals surface area (Å²) in [6.07, 6.45) is 1.15. The number of hydrogen-bond donors (Lipinski definition) is 1. The molecule has 0 unspecified atom stereocenters. The van der Waals surface area contributed by atoms with Crippen molar-refractivity contribution < 1.29 is 8.42 Å². The second-order valence-corrected chi connectivity index (χ2v) is 7.24. The van der Waals surface area contributed by atoms with Gasteiger partial charge in [-0.25, -0.2) is 13.1 Å². The van der Waals surface area contributed by atoms with Gasteiger partial charge in [0.2, 0.25) is 10.0 Å². The molecule has 0 saturated carbocycles. The number of nitrogens with one attached hydrogen (secondary N) is 1. The Bertz CT molecular complexity index is 477. The van der Waals surface area contributed by atoms with Crippen molar-refractivity contribution in [3.63, 3.8) is 0 Å². The molecule has 1 N–H and O–H groups in total. The molecule has 96 valence electrons. The Kier molecular flexibility index (Phi) is 6.09. The van der Waals surface area contributed by atoms with Gasteiger partial charge in [-0.3, -0.25) is 0 Å². The van der Waals surface area contributed by atoms with Gasteiger partial charge in [0.15, 0.2) is 0 Å². The summed E-state index contributed by atoms with van der Waals surface area (Å²) in [5.74, 6) is 1.44. The van der Waals surface area contributed by atoms with Gasteiger partial charge in [-0.2, -0.15) is 11.8 Å². The van der Waals surface area contributed by atoms with E-state index in [0.29, 0.717) is 22.3 Å². The van der Waals surface area contributed by atoms with Gasteiger partial charge in [-0.15, -0.1) is 0 Å². The first kappa shape index (κ1) is 15.1. The molecule has 1 aromatic carbocycles. The zero-order valence-electron chi connectivity index (χ0n) is 9.24. The minimum atomic E-state index is -3.09. The smallest absolute Gasteiger partial charge is 0.208 e. The van der Waals surface area contributed by atoms with Crippen molar-refractivity contribution in [1.29, 1.82) is 0 Å². The lowest BCUT2D eigenvalue weighted by atomic mass is 10.2. The SMILES string of the molecule is CS(=O)(=O)NCCSCc1ccc(Cl)cc1Cl. The molecule has 0 spiro atoms.